The molecule has 3 heteroatoms. The number of para-hydroxylation sites is 1. The number of aromatic nitrogens is 1. The van der Waals surface area contributed by atoms with Gasteiger partial charge in [-0.25, -0.2) is 0 Å². The largest absolute Gasteiger partial charge is 0.466 e. The van der Waals surface area contributed by atoms with Crippen molar-refractivity contribution in [1.29, 1.82) is 0 Å². The van der Waals surface area contributed by atoms with Crippen LogP contribution in [0.4, 0.5) is 0 Å². The minimum absolute atomic E-state index is 0.0431. The molecule has 2 N–H and O–H groups in total. The summed E-state index contributed by atoms with van der Waals surface area (Å²) in [5.41, 5.74) is 2.64. The molecule has 2 aromatic heterocycles. The molecule has 0 amide bonds. The van der Waals surface area contributed by atoms with Crippen LogP contribution in [-0.4, -0.2) is 17.6 Å². The molecule has 24 heavy (non-hydrogen) atoms. The second-order valence-electron chi connectivity index (χ2n) is 7.46. The Morgan fingerprint density at radius 2 is 1.96 bits per heavy atom. The van der Waals surface area contributed by atoms with Gasteiger partial charge < -0.3 is 14.7 Å². The van der Waals surface area contributed by atoms with Crippen LogP contribution in [0.2, 0.25) is 0 Å². The lowest BCUT2D eigenvalue weighted by molar-refractivity contribution is 0.320. The molecule has 0 bridgehead atoms. The lowest BCUT2D eigenvalue weighted by Crippen LogP contribution is -2.34. The van der Waals surface area contributed by atoms with Crippen molar-refractivity contribution in [3.63, 3.8) is 0 Å². The molecule has 0 aliphatic carbocycles. The number of benzene rings is 1. The molecule has 0 radical (unpaired) electrons. The molecule has 1 atom stereocenters. The fourth-order valence-electron chi connectivity index (χ4n) is 3.53. The number of fused-ring (bicyclic) bond motifs is 1. The summed E-state index contributed by atoms with van der Waals surface area (Å²) in [7, 11) is 0. The van der Waals surface area contributed by atoms with E-state index in [1.165, 1.54) is 16.5 Å². The van der Waals surface area contributed by atoms with Crippen LogP contribution in [-0.2, 0) is 11.8 Å². The average Bonchev–Trinajstić information content (AvgIpc) is 3.14. The summed E-state index contributed by atoms with van der Waals surface area (Å²) in [6.07, 6.45) is 4.22. The molecule has 0 saturated carbocycles. The second-order valence-corrected chi connectivity index (χ2v) is 7.46. The minimum atomic E-state index is 0.0431. The third-order valence-electron chi connectivity index (χ3n) is 4.79. The van der Waals surface area contributed by atoms with Crippen molar-refractivity contribution in [3.05, 3.63) is 59.7 Å². The number of H-pyrrole nitrogens is 1. The van der Waals surface area contributed by atoms with Crippen molar-refractivity contribution in [2.45, 2.75) is 52.0 Å². The maximum Gasteiger partial charge on any atom is 0.109 e. The monoisotopic (exact) mass is 324 g/mol. The van der Waals surface area contributed by atoms with E-state index >= 15 is 0 Å². The molecule has 0 fully saturated rings. The van der Waals surface area contributed by atoms with Gasteiger partial charge in [-0.15, -0.1) is 0 Å². The summed E-state index contributed by atoms with van der Waals surface area (Å²) in [4.78, 5) is 3.35. The van der Waals surface area contributed by atoms with E-state index < -0.39 is 0 Å². The van der Waals surface area contributed by atoms with E-state index in [1.54, 1.807) is 0 Å². The van der Waals surface area contributed by atoms with E-state index in [0.717, 1.165) is 30.9 Å². The first-order valence-corrected chi connectivity index (χ1v) is 8.81. The lowest BCUT2D eigenvalue weighted by atomic mass is 9.83. The molecule has 128 valence electrons. The van der Waals surface area contributed by atoms with Crippen LogP contribution >= 0.6 is 0 Å². The Morgan fingerprint density at radius 1 is 1.17 bits per heavy atom. The Kier molecular flexibility index (Phi) is 4.81. The Bertz CT molecular complexity index is 797. The van der Waals surface area contributed by atoms with Crippen molar-refractivity contribution >= 4 is 10.9 Å². The summed E-state index contributed by atoms with van der Waals surface area (Å²) >= 11 is 0. The van der Waals surface area contributed by atoms with Crippen LogP contribution in [0.3, 0.4) is 0 Å². The molecular weight excluding hydrogens is 296 g/mol. The van der Waals surface area contributed by atoms with E-state index in [4.69, 9.17) is 4.42 Å². The predicted octanol–water partition coefficient (Wildman–Crippen LogP) is 4.96. The molecule has 1 aromatic carbocycles. The molecule has 0 aliphatic heterocycles. The van der Waals surface area contributed by atoms with Crippen molar-refractivity contribution < 1.29 is 4.42 Å². The zero-order chi connectivity index (χ0) is 17.2. The van der Waals surface area contributed by atoms with Gasteiger partial charge in [-0.05, 0) is 57.0 Å². The molecule has 3 nitrogen and oxygen atoms in total. The second kappa shape index (κ2) is 6.86. The molecule has 1 unspecified atom stereocenters. The van der Waals surface area contributed by atoms with E-state index in [9.17, 15) is 0 Å². The standard InChI is InChI=1S/C21H28N2O/c1-15(13-21(3,4)20-10-9-16(2)24-20)22-12-11-17-14-23-19-8-6-5-7-18(17)19/h5-10,14-15,22-23H,11-13H2,1-4H3. The molecule has 0 spiro atoms. The smallest absolute Gasteiger partial charge is 0.109 e. The van der Waals surface area contributed by atoms with Crippen molar-refractivity contribution in [2.24, 2.45) is 0 Å². The summed E-state index contributed by atoms with van der Waals surface area (Å²) in [6.45, 7) is 9.75. The third-order valence-corrected chi connectivity index (χ3v) is 4.79. The molecule has 3 rings (SSSR count). The van der Waals surface area contributed by atoms with Gasteiger partial charge in [0.05, 0.1) is 0 Å². The first-order valence-electron chi connectivity index (χ1n) is 8.81. The molecule has 2 heterocycles. The molecule has 0 saturated heterocycles. The summed E-state index contributed by atoms with van der Waals surface area (Å²) in [5.74, 6) is 2.06. The fraction of sp³-hybridized carbons (Fsp3) is 0.429. The first kappa shape index (κ1) is 16.8. The van der Waals surface area contributed by atoms with E-state index in [1.807, 2.05) is 13.0 Å². The third kappa shape index (κ3) is 3.73. The Balaban J connectivity index is 1.53. The summed E-state index contributed by atoms with van der Waals surface area (Å²) in [5, 5.41) is 4.99. The van der Waals surface area contributed by atoms with Gasteiger partial charge in [0, 0.05) is 28.6 Å². The number of hydrogen-bond donors (Lipinski definition) is 2. The minimum Gasteiger partial charge on any atom is -0.466 e. The quantitative estimate of drug-likeness (QED) is 0.645. The highest BCUT2D eigenvalue weighted by atomic mass is 16.3. The Morgan fingerprint density at radius 3 is 2.71 bits per heavy atom. The molecular formula is C21H28N2O. The molecule has 0 aliphatic rings. The number of aryl methyl sites for hydroxylation is 1. The maximum atomic E-state index is 5.83. The van der Waals surface area contributed by atoms with Crippen LogP contribution in [0.15, 0.2) is 47.0 Å². The summed E-state index contributed by atoms with van der Waals surface area (Å²) < 4.78 is 5.83. The number of nitrogens with one attached hydrogen (secondary N) is 2. The molecule has 3 aromatic rings. The number of hydrogen-bond acceptors (Lipinski definition) is 2. The number of aromatic amines is 1. The first-order chi connectivity index (χ1) is 11.5. The number of rotatable bonds is 7. The van der Waals surface area contributed by atoms with Gasteiger partial charge >= 0.3 is 0 Å². The normalized spacial score (nSPS) is 13.5. The van der Waals surface area contributed by atoms with Gasteiger partial charge in [0.25, 0.3) is 0 Å². The van der Waals surface area contributed by atoms with E-state index in [0.29, 0.717) is 6.04 Å². The topological polar surface area (TPSA) is 41.0 Å². The van der Waals surface area contributed by atoms with Crippen LogP contribution in [0, 0.1) is 6.92 Å². The SMILES string of the molecule is Cc1ccc(C(C)(C)CC(C)NCCc2c[nH]c3ccccc23)o1. The zero-order valence-electron chi connectivity index (χ0n) is 15.1. The van der Waals surface area contributed by atoms with Gasteiger partial charge in [-0.1, -0.05) is 32.0 Å². The fourth-order valence-corrected chi connectivity index (χ4v) is 3.53. The van der Waals surface area contributed by atoms with Crippen molar-refractivity contribution in [3.8, 4) is 0 Å². The van der Waals surface area contributed by atoms with Gasteiger partial charge in [-0.3, -0.25) is 0 Å². The van der Waals surface area contributed by atoms with Gasteiger partial charge in [0.1, 0.15) is 11.5 Å². The van der Waals surface area contributed by atoms with Crippen molar-refractivity contribution in [2.75, 3.05) is 6.54 Å². The van der Waals surface area contributed by atoms with Crippen LogP contribution in [0.25, 0.3) is 10.9 Å². The van der Waals surface area contributed by atoms with Crippen LogP contribution in [0.5, 0.6) is 0 Å². The summed E-state index contributed by atoms with van der Waals surface area (Å²) in [6, 6.07) is 13.1. The van der Waals surface area contributed by atoms with Gasteiger partial charge in [0.2, 0.25) is 0 Å². The predicted molar refractivity (Wildman–Crippen MR) is 101 cm³/mol. The number of furan rings is 1. The van der Waals surface area contributed by atoms with Crippen LogP contribution in [0.1, 0.15) is 44.3 Å². The van der Waals surface area contributed by atoms with Gasteiger partial charge in [-0.2, -0.15) is 0 Å². The maximum absolute atomic E-state index is 5.83. The Labute approximate surface area is 144 Å². The Hall–Kier alpha value is -2.00. The highest BCUT2D eigenvalue weighted by Crippen LogP contribution is 2.29. The van der Waals surface area contributed by atoms with E-state index in [-0.39, 0.29) is 5.41 Å². The zero-order valence-corrected chi connectivity index (χ0v) is 15.1. The average molecular weight is 324 g/mol. The highest BCUT2D eigenvalue weighted by Gasteiger charge is 2.26. The van der Waals surface area contributed by atoms with Crippen molar-refractivity contribution in [1.82, 2.24) is 10.3 Å². The lowest BCUT2D eigenvalue weighted by Gasteiger charge is -2.26. The van der Waals surface area contributed by atoms with E-state index in [2.05, 4.69) is 67.6 Å². The van der Waals surface area contributed by atoms with Gasteiger partial charge in [0.15, 0.2) is 0 Å². The van der Waals surface area contributed by atoms with Crippen LogP contribution < -0.4 is 5.32 Å². The highest BCUT2D eigenvalue weighted by molar-refractivity contribution is 5.83.